The highest BCUT2D eigenvalue weighted by Crippen LogP contribution is 2.47. The number of oxazole rings is 1. The number of nitrogens with zero attached hydrogens (tertiary/aromatic N) is 1. The van der Waals surface area contributed by atoms with Gasteiger partial charge in [-0.2, -0.15) is 0 Å². The minimum Gasteiger partial charge on any atom is -0.436 e. The zero-order chi connectivity index (χ0) is 30.9. The second kappa shape index (κ2) is 10.1. The Labute approximate surface area is 271 Å². The highest BCUT2D eigenvalue weighted by molar-refractivity contribution is 6.30. The number of hydrogen-bond acceptors (Lipinski definition) is 2. The van der Waals surface area contributed by atoms with Crippen LogP contribution in [0.4, 0.5) is 0 Å². The quantitative estimate of drug-likeness (QED) is 0.189. The summed E-state index contributed by atoms with van der Waals surface area (Å²) < 4.78 is 6.55. The van der Waals surface area contributed by atoms with Crippen molar-refractivity contribution in [2.24, 2.45) is 0 Å². The zero-order valence-corrected chi connectivity index (χ0v) is 25.4. The molecule has 9 aromatic carbocycles. The molecule has 0 saturated heterocycles. The number of fused-ring (bicyclic) bond motifs is 2. The van der Waals surface area contributed by atoms with E-state index in [4.69, 9.17) is 9.40 Å². The first-order valence-electron chi connectivity index (χ1n) is 16.0. The molecule has 0 aliphatic rings. The van der Waals surface area contributed by atoms with Crippen LogP contribution in [0.2, 0.25) is 0 Å². The van der Waals surface area contributed by atoms with Crippen LogP contribution in [0.5, 0.6) is 0 Å². The van der Waals surface area contributed by atoms with E-state index in [2.05, 4.69) is 140 Å². The summed E-state index contributed by atoms with van der Waals surface area (Å²) in [4.78, 5) is 4.87. The van der Waals surface area contributed by atoms with Crippen molar-refractivity contribution in [1.29, 1.82) is 0 Å². The second-order valence-corrected chi connectivity index (χ2v) is 12.3. The van der Waals surface area contributed by atoms with E-state index in [9.17, 15) is 0 Å². The van der Waals surface area contributed by atoms with Gasteiger partial charge in [-0.3, -0.25) is 0 Å². The van der Waals surface area contributed by atoms with Crippen molar-refractivity contribution < 1.29 is 4.42 Å². The predicted octanol–water partition coefficient (Wildman–Crippen LogP) is 12.5. The molecule has 1 heterocycles. The van der Waals surface area contributed by atoms with Gasteiger partial charge in [0.05, 0.1) is 6.20 Å². The van der Waals surface area contributed by atoms with Gasteiger partial charge in [0.15, 0.2) is 5.76 Å². The van der Waals surface area contributed by atoms with Gasteiger partial charge >= 0.3 is 0 Å². The molecule has 0 radical (unpaired) electrons. The maximum atomic E-state index is 6.55. The van der Waals surface area contributed by atoms with Crippen molar-refractivity contribution in [2.45, 2.75) is 0 Å². The van der Waals surface area contributed by atoms with Gasteiger partial charge in [0.25, 0.3) is 0 Å². The Hall–Kier alpha value is -6.25. The fourth-order valence-corrected chi connectivity index (χ4v) is 7.59. The summed E-state index contributed by atoms with van der Waals surface area (Å²) in [6.07, 6.45) is 1.85. The van der Waals surface area contributed by atoms with E-state index in [0.29, 0.717) is 5.89 Å². The first-order valence-corrected chi connectivity index (χ1v) is 16.0. The summed E-state index contributed by atoms with van der Waals surface area (Å²) >= 11 is 0. The van der Waals surface area contributed by atoms with Crippen LogP contribution >= 0.6 is 0 Å². The maximum Gasteiger partial charge on any atom is 0.227 e. The van der Waals surface area contributed by atoms with Gasteiger partial charge in [0, 0.05) is 11.1 Å². The Balaban J connectivity index is 1.33. The minimum absolute atomic E-state index is 0.623. The van der Waals surface area contributed by atoms with Crippen LogP contribution in [-0.4, -0.2) is 4.98 Å². The maximum absolute atomic E-state index is 6.55. The van der Waals surface area contributed by atoms with Crippen LogP contribution in [0.3, 0.4) is 0 Å². The molecule has 0 amide bonds. The van der Waals surface area contributed by atoms with Crippen LogP contribution in [0.15, 0.2) is 168 Å². The molecule has 47 heavy (non-hydrogen) atoms. The Bertz CT molecular complexity index is 2780. The predicted molar refractivity (Wildman–Crippen MR) is 197 cm³/mol. The molecule has 0 aliphatic heterocycles. The van der Waals surface area contributed by atoms with Crippen molar-refractivity contribution >= 4 is 53.9 Å². The average molecular weight is 598 g/mol. The molecule has 0 bridgehead atoms. The molecule has 1 aromatic heterocycles. The van der Waals surface area contributed by atoms with Crippen LogP contribution < -0.4 is 0 Å². The lowest BCUT2D eigenvalue weighted by Crippen LogP contribution is -1.93. The highest BCUT2D eigenvalue weighted by atomic mass is 16.4. The SMILES string of the molecule is c1ccc(-c2cnc(-c3cc(-c4cccc5ccccc45)c4ccc5ccc(-c6cccc7ccccc67)c6ccc3c4c56)o2)cc1. The van der Waals surface area contributed by atoms with E-state index in [1.165, 1.54) is 70.7 Å². The summed E-state index contributed by atoms with van der Waals surface area (Å²) in [7, 11) is 0. The van der Waals surface area contributed by atoms with Crippen LogP contribution in [0.1, 0.15) is 0 Å². The summed E-state index contributed by atoms with van der Waals surface area (Å²) in [5.41, 5.74) is 6.87. The number of rotatable bonds is 4. The molecular formula is C45H27NO. The van der Waals surface area contributed by atoms with Gasteiger partial charge < -0.3 is 4.42 Å². The van der Waals surface area contributed by atoms with Gasteiger partial charge in [0.2, 0.25) is 5.89 Å². The van der Waals surface area contributed by atoms with E-state index in [0.717, 1.165) is 22.3 Å². The zero-order valence-electron chi connectivity index (χ0n) is 25.4. The Morgan fingerprint density at radius 1 is 0.362 bits per heavy atom. The Morgan fingerprint density at radius 2 is 0.915 bits per heavy atom. The first kappa shape index (κ1) is 26.0. The largest absolute Gasteiger partial charge is 0.436 e. The second-order valence-electron chi connectivity index (χ2n) is 12.3. The molecular weight excluding hydrogens is 571 g/mol. The number of hydrogen-bond donors (Lipinski definition) is 0. The average Bonchev–Trinajstić information content (AvgIpc) is 3.64. The fourth-order valence-electron chi connectivity index (χ4n) is 7.59. The summed E-state index contributed by atoms with van der Waals surface area (Å²) in [5.74, 6) is 1.38. The molecule has 0 unspecified atom stereocenters. The smallest absolute Gasteiger partial charge is 0.227 e. The molecule has 0 fully saturated rings. The van der Waals surface area contributed by atoms with Gasteiger partial charge in [-0.25, -0.2) is 4.98 Å². The topological polar surface area (TPSA) is 26.0 Å². The van der Waals surface area contributed by atoms with Crippen LogP contribution in [0.25, 0.3) is 98.9 Å². The molecule has 0 aliphatic carbocycles. The van der Waals surface area contributed by atoms with E-state index in [-0.39, 0.29) is 0 Å². The number of aromatic nitrogens is 1. The Kier molecular flexibility index (Phi) is 5.61. The third-order valence-corrected chi connectivity index (χ3v) is 9.74. The molecule has 0 N–H and O–H groups in total. The molecule has 10 rings (SSSR count). The highest BCUT2D eigenvalue weighted by Gasteiger charge is 2.21. The third kappa shape index (κ3) is 3.95. The van der Waals surface area contributed by atoms with Crippen molar-refractivity contribution in [1.82, 2.24) is 4.98 Å². The summed E-state index contributed by atoms with van der Waals surface area (Å²) in [6.45, 7) is 0. The lowest BCUT2D eigenvalue weighted by molar-refractivity contribution is 0.589. The lowest BCUT2D eigenvalue weighted by atomic mass is 9.84. The molecule has 218 valence electrons. The molecule has 2 heteroatoms. The van der Waals surface area contributed by atoms with Crippen molar-refractivity contribution in [3.63, 3.8) is 0 Å². The molecule has 0 saturated carbocycles. The van der Waals surface area contributed by atoms with Gasteiger partial charge in [-0.05, 0) is 82.2 Å². The Morgan fingerprint density at radius 3 is 1.66 bits per heavy atom. The van der Waals surface area contributed by atoms with E-state index >= 15 is 0 Å². The van der Waals surface area contributed by atoms with Crippen LogP contribution in [-0.2, 0) is 0 Å². The van der Waals surface area contributed by atoms with E-state index < -0.39 is 0 Å². The van der Waals surface area contributed by atoms with Gasteiger partial charge in [-0.15, -0.1) is 0 Å². The van der Waals surface area contributed by atoms with Crippen molar-refractivity contribution in [3.05, 3.63) is 164 Å². The normalized spacial score (nSPS) is 11.8. The van der Waals surface area contributed by atoms with E-state index in [1.54, 1.807) is 0 Å². The lowest BCUT2D eigenvalue weighted by Gasteiger charge is -2.19. The van der Waals surface area contributed by atoms with Gasteiger partial charge in [-0.1, -0.05) is 152 Å². The molecule has 0 atom stereocenters. The first-order chi connectivity index (χ1) is 23.3. The number of benzene rings is 9. The van der Waals surface area contributed by atoms with Crippen molar-refractivity contribution in [2.75, 3.05) is 0 Å². The summed E-state index contributed by atoms with van der Waals surface area (Å²) in [5, 5.41) is 12.3. The van der Waals surface area contributed by atoms with Crippen LogP contribution in [0, 0.1) is 0 Å². The monoisotopic (exact) mass is 597 g/mol. The minimum atomic E-state index is 0.623. The molecule has 10 aromatic rings. The molecule has 2 nitrogen and oxygen atoms in total. The van der Waals surface area contributed by atoms with Crippen molar-refractivity contribution in [3.8, 4) is 45.0 Å². The fraction of sp³-hybridized carbons (Fsp3) is 0. The van der Waals surface area contributed by atoms with E-state index in [1.807, 2.05) is 24.4 Å². The molecule has 0 spiro atoms. The third-order valence-electron chi connectivity index (χ3n) is 9.74. The standard InChI is InChI=1S/C45H27NO/c1-2-12-30(13-3-1)42-27-46-45(47-42)41-26-40(35-19-9-15-29-11-5-7-17-33(29)35)38-23-21-31-20-22-36(37-24-25-39(41)44(38)43(31)37)34-18-8-14-28-10-4-6-16-32(28)34/h1-27H. The summed E-state index contributed by atoms with van der Waals surface area (Å²) in [6, 6.07) is 56.7. The van der Waals surface area contributed by atoms with Gasteiger partial charge in [0.1, 0.15) is 0 Å².